The molecule has 0 radical (unpaired) electrons. The molecule has 1 N–H and O–H groups in total. The molecule has 1 aliphatic rings. The number of nitrogens with one attached hydrogen (secondary N) is 1. The molecular formula is C14H31N3. The van der Waals surface area contributed by atoms with Crippen LogP contribution in [0, 0.1) is 0 Å². The monoisotopic (exact) mass is 241 g/mol. The third-order valence-electron chi connectivity index (χ3n) is 3.78. The number of likely N-dealkylation sites (N-methyl/N-ethyl adjacent to an activating group) is 1. The fraction of sp³-hybridized carbons (Fsp3) is 1.00. The van der Waals surface area contributed by atoms with Crippen LogP contribution in [0.4, 0.5) is 0 Å². The van der Waals surface area contributed by atoms with Gasteiger partial charge in [0.1, 0.15) is 0 Å². The Morgan fingerprint density at radius 3 is 2.35 bits per heavy atom. The Morgan fingerprint density at radius 1 is 1.06 bits per heavy atom. The maximum atomic E-state index is 3.56. The van der Waals surface area contributed by atoms with Gasteiger partial charge >= 0.3 is 0 Å². The second-order valence-corrected chi connectivity index (χ2v) is 5.47. The molecule has 0 spiro atoms. The summed E-state index contributed by atoms with van der Waals surface area (Å²) in [7, 11) is 4.28. The van der Waals surface area contributed by atoms with Gasteiger partial charge < -0.3 is 10.2 Å². The van der Waals surface area contributed by atoms with E-state index in [9.17, 15) is 0 Å². The van der Waals surface area contributed by atoms with Crippen LogP contribution in [0.15, 0.2) is 0 Å². The highest BCUT2D eigenvalue weighted by atomic mass is 15.2. The van der Waals surface area contributed by atoms with Gasteiger partial charge in [-0.3, -0.25) is 4.90 Å². The highest BCUT2D eigenvalue weighted by Crippen LogP contribution is 2.22. The Morgan fingerprint density at radius 2 is 1.76 bits per heavy atom. The van der Waals surface area contributed by atoms with Crippen LogP contribution < -0.4 is 5.32 Å². The molecule has 0 aromatic carbocycles. The molecule has 1 saturated carbocycles. The molecule has 1 fully saturated rings. The highest BCUT2D eigenvalue weighted by molar-refractivity contribution is 4.77. The molecule has 0 bridgehead atoms. The Hall–Kier alpha value is -0.120. The second-order valence-electron chi connectivity index (χ2n) is 5.47. The van der Waals surface area contributed by atoms with Crippen molar-refractivity contribution in [2.75, 3.05) is 46.8 Å². The first kappa shape index (κ1) is 14.9. The molecule has 0 aliphatic heterocycles. The van der Waals surface area contributed by atoms with Crippen molar-refractivity contribution in [3.8, 4) is 0 Å². The lowest BCUT2D eigenvalue weighted by molar-refractivity contribution is 0.209. The van der Waals surface area contributed by atoms with Crippen LogP contribution in [0.3, 0.4) is 0 Å². The summed E-state index contributed by atoms with van der Waals surface area (Å²) in [5, 5.41) is 3.56. The maximum Gasteiger partial charge on any atom is 0.0110 e. The minimum Gasteiger partial charge on any atom is -0.315 e. The molecule has 1 aliphatic carbocycles. The average molecular weight is 241 g/mol. The van der Waals surface area contributed by atoms with Crippen LogP contribution in [-0.4, -0.2) is 62.7 Å². The molecule has 0 amide bonds. The lowest BCUT2D eigenvalue weighted by Gasteiger charge is -2.27. The first-order valence-electron chi connectivity index (χ1n) is 7.33. The van der Waals surface area contributed by atoms with E-state index in [1.807, 2.05) is 0 Å². The first-order valence-corrected chi connectivity index (χ1v) is 7.33. The zero-order valence-electron chi connectivity index (χ0n) is 12.0. The summed E-state index contributed by atoms with van der Waals surface area (Å²) < 4.78 is 0. The van der Waals surface area contributed by atoms with E-state index in [2.05, 4.69) is 36.1 Å². The Bertz CT molecular complexity index is 176. The zero-order chi connectivity index (χ0) is 12.5. The van der Waals surface area contributed by atoms with Crippen molar-refractivity contribution in [1.82, 2.24) is 15.1 Å². The molecule has 0 heterocycles. The number of hydrogen-bond donors (Lipinski definition) is 1. The average Bonchev–Trinajstić information content (AvgIpc) is 2.81. The van der Waals surface area contributed by atoms with E-state index in [0.717, 1.165) is 19.1 Å². The van der Waals surface area contributed by atoms with Crippen LogP contribution in [0.1, 0.15) is 39.0 Å². The molecule has 0 aromatic heterocycles. The predicted octanol–water partition coefficient (Wildman–Crippen LogP) is 1.79. The molecule has 3 heteroatoms. The van der Waals surface area contributed by atoms with Gasteiger partial charge in [0.05, 0.1) is 0 Å². The first-order chi connectivity index (χ1) is 8.24. The predicted molar refractivity (Wildman–Crippen MR) is 75.5 cm³/mol. The smallest absolute Gasteiger partial charge is 0.0110 e. The summed E-state index contributed by atoms with van der Waals surface area (Å²) in [4.78, 5) is 4.91. The van der Waals surface area contributed by atoms with Crippen molar-refractivity contribution >= 4 is 0 Å². The Balaban J connectivity index is 1.99. The van der Waals surface area contributed by atoms with Gasteiger partial charge in [0.15, 0.2) is 0 Å². The van der Waals surface area contributed by atoms with Gasteiger partial charge in [-0.15, -0.1) is 0 Å². The molecular weight excluding hydrogens is 210 g/mol. The Labute approximate surface area is 108 Å². The molecule has 102 valence electrons. The molecule has 1 rings (SSSR count). The van der Waals surface area contributed by atoms with Crippen molar-refractivity contribution in [3.05, 3.63) is 0 Å². The third kappa shape index (κ3) is 6.39. The second kappa shape index (κ2) is 8.90. The molecule has 0 saturated heterocycles. The van der Waals surface area contributed by atoms with Gasteiger partial charge in [0.2, 0.25) is 0 Å². The van der Waals surface area contributed by atoms with Crippen molar-refractivity contribution < 1.29 is 0 Å². The van der Waals surface area contributed by atoms with Crippen molar-refractivity contribution in [2.45, 2.75) is 45.1 Å². The number of rotatable bonds is 9. The third-order valence-corrected chi connectivity index (χ3v) is 3.78. The summed E-state index contributed by atoms with van der Waals surface area (Å²) in [6.07, 6.45) is 6.99. The maximum absolute atomic E-state index is 3.56. The minimum atomic E-state index is 0.878. The van der Waals surface area contributed by atoms with Crippen LogP contribution >= 0.6 is 0 Å². The van der Waals surface area contributed by atoms with Gasteiger partial charge in [0.25, 0.3) is 0 Å². The lowest BCUT2D eigenvalue weighted by Crippen LogP contribution is -2.38. The largest absolute Gasteiger partial charge is 0.315 e. The molecule has 0 atom stereocenters. The minimum absolute atomic E-state index is 0.878. The standard InChI is InChI=1S/C14H31N3/c1-4-17(14-8-5-6-9-14)13-11-15-10-7-12-16(2)3/h14-15H,4-13H2,1-3H3. The molecule has 0 aromatic rings. The highest BCUT2D eigenvalue weighted by Gasteiger charge is 2.20. The van der Waals surface area contributed by atoms with Crippen molar-refractivity contribution in [3.63, 3.8) is 0 Å². The van der Waals surface area contributed by atoms with Gasteiger partial charge in [-0.2, -0.15) is 0 Å². The summed E-state index contributed by atoms with van der Waals surface area (Å²) in [5.74, 6) is 0. The van der Waals surface area contributed by atoms with E-state index in [-0.39, 0.29) is 0 Å². The molecule has 17 heavy (non-hydrogen) atoms. The Kier molecular flexibility index (Phi) is 7.82. The van der Waals surface area contributed by atoms with Crippen molar-refractivity contribution in [1.29, 1.82) is 0 Å². The van der Waals surface area contributed by atoms with E-state index >= 15 is 0 Å². The fourth-order valence-electron chi connectivity index (χ4n) is 2.74. The van der Waals surface area contributed by atoms with Crippen LogP contribution in [0.25, 0.3) is 0 Å². The SMILES string of the molecule is CCN(CCNCCCN(C)C)C1CCCC1. The van der Waals surface area contributed by atoms with E-state index in [1.165, 1.54) is 51.7 Å². The lowest BCUT2D eigenvalue weighted by atomic mass is 10.2. The number of hydrogen-bond acceptors (Lipinski definition) is 3. The van der Waals surface area contributed by atoms with Gasteiger partial charge in [-0.1, -0.05) is 19.8 Å². The topological polar surface area (TPSA) is 18.5 Å². The van der Waals surface area contributed by atoms with E-state index in [1.54, 1.807) is 0 Å². The number of nitrogens with zero attached hydrogens (tertiary/aromatic N) is 2. The summed E-state index contributed by atoms with van der Waals surface area (Å²) in [6.45, 7) is 8.23. The van der Waals surface area contributed by atoms with Crippen LogP contribution in [0.2, 0.25) is 0 Å². The van der Waals surface area contributed by atoms with E-state index in [0.29, 0.717) is 0 Å². The normalized spacial score (nSPS) is 17.5. The summed E-state index contributed by atoms with van der Waals surface area (Å²) in [6, 6.07) is 0.878. The fourth-order valence-corrected chi connectivity index (χ4v) is 2.74. The van der Waals surface area contributed by atoms with Crippen LogP contribution in [-0.2, 0) is 0 Å². The zero-order valence-corrected chi connectivity index (χ0v) is 12.0. The molecule has 3 nitrogen and oxygen atoms in total. The van der Waals surface area contributed by atoms with Gasteiger partial charge in [-0.25, -0.2) is 0 Å². The summed E-state index contributed by atoms with van der Waals surface area (Å²) >= 11 is 0. The van der Waals surface area contributed by atoms with Gasteiger partial charge in [-0.05, 0) is 53.0 Å². The molecule has 0 unspecified atom stereocenters. The van der Waals surface area contributed by atoms with Gasteiger partial charge in [0, 0.05) is 19.1 Å². The van der Waals surface area contributed by atoms with Crippen LogP contribution in [0.5, 0.6) is 0 Å². The van der Waals surface area contributed by atoms with E-state index < -0.39 is 0 Å². The van der Waals surface area contributed by atoms with E-state index in [4.69, 9.17) is 0 Å². The van der Waals surface area contributed by atoms with Crippen molar-refractivity contribution in [2.24, 2.45) is 0 Å². The summed E-state index contributed by atoms with van der Waals surface area (Å²) in [5.41, 5.74) is 0. The quantitative estimate of drug-likeness (QED) is 0.621.